The van der Waals surface area contributed by atoms with Gasteiger partial charge >= 0.3 is 0 Å². The predicted molar refractivity (Wildman–Crippen MR) is 32.3 cm³/mol. The summed E-state index contributed by atoms with van der Waals surface area (Å²) < 4.78 is 0. The summed E-state index contributed by atoms with van der Waals surface area (Å²) in [6.45, 7) is 4.08. The van der Waals surface area contributed by atoms with Crippen LogP contribution in [-0.4, -0.2) is 9.97 Å². The molecule has 0 fully saturated rings. The van der Waals surface area contributed by atoms with E-state index < -0.39 is 0 Å². The summed E-state index contributed by atoms with van der Waals surface area (Å²) in [6.07, 6.45) is 3.57. The highest BCUT2D eigenvalue weighted by atomic mass is 14.9. The Labute approximate surface area is 49.0 Å². The molecule has 1 aromatic heterocycles. The lowest BCUT2D eigenvalue weighted by Crippen LogP contribution is -1.85. The zero-order chi connectivity index (χ0) is 5.98. The quantitative estimate of drug-likeness (QED) is 0.579. The van der Waals surface area contributed by atoms with Gasteiger partial charge in [0.2, 0.25) is 0 Å². The van der Waals surface area contributed by atoms with E-state index in [0.717, 1.165) is 5.69 Å². The molecule has 0 atom stereocenters. The highest BCUT2D eigenvalue weighted by molar-refractivity contribution is 5.14. The molecule has 2 nitrogen and oxygen atoms in total. The SMILES string of the molecule is C[C](C)c1c[nH]cn1. The molecule has 1 radical (unpaired) electrons. The molecule has 1 aromatic rings. The third-order valence-corrected chi connectivity index (χ3v) is 1.01. The van der Waals surface area contributed by atoms with Crippen molar-refractivity contribution in [3.8, 4) is 0 Å². The highest BCUT2D eigenvalue weighted by Gasteiger charge is 1.97. The summed E-state index contributed by atoms with van der Waals surface area (Å²) in [4.78, 5) is 6.90. The van der Waals surface area contributed by atoms with Crippen LogP contribution >= 0.6 is 0 Å². The fourth-order valence-electron chi connectivity index (χ4n) is 0.534. The van der Waals surface area contributed by atoms with E-state index in [4.69, 9.17) is 0 Å². The van der Waals surface area contributed by atoms with Crippen LogP contribution in [0.5, 0.6) is 0 Å². The number of aromatic nitrogens is 2. The van der Waals surface area contributed by atoms with E-state index in [9.17, 15) is 0 Å². The van der Waals surface area contributed by atoms with Crippen molar-refractivity contribution in [1.29, 1.82) is 0 Å². The second-order valence-electron chi connectivity index (χ2n) is 1.95. The molecule has 8 heavy (non-hydrogen) atoms. The van der Waals surface area contributed by atoms with Crippen LogP contribution < -0.4 is 0 Å². The van der Waals surface area contributed by atoms with Gasteiger partial charge in [0.25, 0.3) is 0 Å². The van der Waals surface area contributed by atoms with E-state index in [2.05, 4.69) is 9.97 Å². The second-order valence-corrected chi connectivity index (χ2v) is 1.95. The number of hydrogen-bond acceptors (Lipinski definition) is 1. The number of nitrogens with one attached hydrogen (secondary N) is 1. The molecule has 2 heteroatoms. The molecule has 0 bridgehead atoms. The van der Waals surface area contributed by atoms with Crippen LogP contribution in [0, 0.1) is 5.92 Å². The summed E-state index contributed by atoms with van der Waals surface area (Å²) >= 11 is 0. The van der Waals surface area contributed by atoms with E-state index in [1.165, 1.54) is 5.92 Å². The van der Waals surface area contributed by atoms with Gasteiger partial charge in [-0.3, -0.25) is 0 Å². The summed E-state index contributed by atoms with van der Waals surface area (Å²) in [5.41, 5.74) is 1.05. The minimum Gasteiger partial charge on any atom is -0.351 e. The maximum atomic E-state index is 4.02. The molecule has 0 spiro atoms. The smallest absolute Gasteiger partial charge is 0.0923 e. The fourth-order valence-corrected chi connectivity index (χ4v) is 0.534. The molecule has 1 rings (SSSR count). The first-order valence-electron chi connectivity index (χ1n) is 2.60. The van der Waals surface area contributed by atoms with Gasteiger partial charge in [-0.05, 0) is 0 Å². The topological polar surface area (TPSA) is 28.7 Å². The Morgan fingerprint density at radius 1 is 1.62 bits per heavy atom. The predicted octanol–water partition coefficient (Wildman–Crippen LogP) is 1.37. The Morgan fingerprint density at radius 3 is 2.62 bits per heavy atom. The van der Waals surface area contributed by atoms with Gasteiger partial charge in [-0.25, -0.2) is 4.98 Å². The van der Waals surface area contributed by atoms with Crippen molar-refractivity contribution in [2.45, 2.75) is 13.8 Å². The third-order valence-electron chi connectivity index (χ3n) is 1.01. The number of aromatic amines is 1. The Kier molecular flexibility index (Phi) is 1.33. The molecule has 0 aliphatic heterocycles. The molecule has 0 saturated carbocycles. The molecule has 0 unspecified atom stereocenters. The fraction of sp³-hybridized carbons (Fsp3) is 0.333. The second kappa shape index (κ2) is 1.99. The maximum absolute atomic E-state index is 4.02. The van der Waals surface area contributed by atoms with Gasteiger partial charge in [0.1, 0.15) is 0 Å². The third kappa shape index (κ3) is 0.886. The molecule has 43 valence electrons. The number of H-pyrrole nitrogens is 1. The van der Waals surface area contributed by atoms with E-state index in [-0.39, 0.29) is 0 Å². The normalized spacial score (nSPS) is 10.4. The van der Waals surface area contributed by atoms with Crippen molar-refractivity contribution in [3.05, 3.63) is 24.1 Å². The first kappa shape index (κ1) is 5.35. The van der Waals surface area contributed by atoms with Crippen LogP contribution in [0.4, 0.5) is 0 Å². The average molecular weight is 109 g/mol. The molecular weight excluding hydrogens is 100 g/mol. The van der Waals surface area contributed by atoms with E-state index in [1.54, 1.807) is 6.33 Å². The molecule has 0 saturated heterocycles. The van der Waals surface area contributed by atoms with Crippen molar-refractivity contribution in [1.82, 2.24) is 9.97 Å². The van der Waals surface area contributed by atoms with E-state index >= 15 is 0 Å². The van der Waals surface area contributed by atoms with Crippen LogP contribution in [0.15, 0.2) is 12.5 Å². The van der Waals surface area contributed by atoms with E-state index in [0.29, 0.717) is 0 Å². The van der Waals surface area contributed by atoms with Crippen LogP contribution in [0.3, 0.4) is 0 Å². The van der Waals surface area contributed by atoms with Gasteiger partial charge in [-0.15, -0.1) is 0 Å². The lowest BCUT2D eigenvalue weighted by molar-refractivity contribution is 1.08. The Bertz CT molecular complexity index is 142. The number of imidazole rings is 1. The molecule has 1 heterocycles. The lowest BCUT2D eigenvalue weighted by Gasteiger charge is -1.93. The van der Waals surface area contributed by atoms with Crippen molar-refractivity contribution >= 4 is 0 Å². The number of rotatable bonds is 1. The number of hydrogen-bond donors (Lipinski definition) is 1. The van der Waals surface area contributed by atoms with Crippen molar-refractivity contribution in [3.63, 3.8) is 0 Å². The highest BCUT2D eigenvalue weighted by Crippen LogP contribution is 2.06. The van der Waals surface area contributed by atoms with Gasteiger partial charge in [-0.1, -0.05) is 13.8 Å². The van der Waals surface area contributed by atoms with Gasteiger partial charge in [-0.2, -0.15) is 0 Å². The van der Waals surface area contributed by atoms with Crippen LogP contribution in [0.25, 0.3) is 0 Å². The van der Waals surface area contributed by atoms with E-state index in [1.807, 2.05) is 20.0 Å². The van der Waals surface area contributed by atoms with Crippen molar-refractivity contribution < 1.29 is 0 Å². The minimum absolute atomic E-state index is 1.05. The molecule has 1 N–H and O–H groups in total. The monoisotopic (exact) mass is 109 g/mol. The van der Waals surface area contributed by atoms with Gasteiger partial charge < -0.3 is 4.98 Å². The van der Waals surface area contributed by atoms with Gasteiger partial charge in [0.05, 0.1) is 12.0 Å². The van der Waals surface area contributed by atoms with Crippen LogP contribution in [0.1, 0.15) is 19.5 Å². The zero-order valence-electron chi connectivity index (χ0n) is 5.10. The van der Waals surface area contributed by atoms with Gasteiger partial charge in [0, 0.05) is 12.1 Å². The zero-order valence-corrected chi connectivity index (χ0v) is 5.10. The summed E-state index contributed by atoms with van der Waals surface area (Å²) in [7, 11) is 0. The maximum Gasteiger partial charge on any atom is 0.0923 e. The first-order valence-corrected chi connectivity index (χ1v) is 2.60. The largest absolute Gasteiger partial charge is 0.351 e. The Hall–Kier alpha value is -0.790. The molecule has 0 amide bonds. The van der Waals surface area contributed by atoms with Crippen molar-refractivity contribution in [2.75, 3.05) is 0 Å². The molecule has 0 aliphatic rings. The van der Waals surface area contributed by atoms with Crippen LogP contribution in [-0.2, 0) is 0 Å². The molecular formula is C6H9N2. The average Bonchev–Trinajstić information content (AvgIpc) is 2.12. The number of nitrogens with zero attached hydrogens (tertiary/aromatic N) is 1. The lowest BCUT2D eigenvalue weighted by atomic mass is 10.2. The minimum atomic E-state index is 1.05. The summed E-state index contributed by atoms with van der Waals surface area (Å²) in [6, 6.07) is 0. The summed E-state index contributed by atoms with van der Waals surface area (Å²) in [5, 5.41) is 0. The molecule has 0 aliphatic carbocycles. The van der Waals surface area contributed by atoms with Gasteiger partial charge in [0.15, 0.2) is 0 Å². The summed E-state index contributed by atoms with van der Waals surface area (Å²) in [5.74, 6) is 1.24. The van der Waals surface area contributed by atoms with Crippen molar-refractivity contribution in [2.24, 2.45) is 0 Å². The first-order chi connectivity index (χ1) is 3.80. The Balaban J connectivity index is 2.77. The standard InChI is InChI=1S/C6H9N2/c1-5(2)6-3-7-4-8-6/h3-4H,1-2H3,(H,7,8). The Morgan fingerprint density at radius 2 is 2.38 bits per heavy atom. The van der Waals surface area contributed by atoms with Crippen LogP contribution in [0.2, 0.25) is 0 Å². The molecule has 0 aromatic carbocycles.